The van der Waals surface area contributed by atoms with Gasteiger partial charge in [0.1, 0.15) is 0 Å². The van der Waals surface area contributed by atoms with Crippen LogP contribution in [-0.4, -0.2) is 26.6 Å². The lowest BCUT2D eigenvalue weighted by Crippen LogP contribution is -2.33. The molecule has 0 bridgehead atoms. The van der Waals surface area contributed by atoms with Gasteiger partial charge < -0.3 is 4.90 Å². The third-order valence-corrected chi connectivity index (χ3v) is 4.84. The first-order valence-electron chi connectivity index (χ1n) is 8.01. The van der Waals surface area contributed by atoms with Crippen LogP contribution in [0.4, 0.5) is 0 Å². The molecule has 1 heterocycles. The van der Waals surface area contributed by atoms with E-state index in [4.69, 9.17) is 0 Å². The molecule has 0 radical (unpaired) electrons. The van der Waals surface area contributed by atoms with Crippen molar-refractivity contribution >= 4 is 5.91 Å². The van der Waals surface area contributed by atoms with Crippen LogP contribution in [-0.2, 0) is 18.4 Å². The Bertz CT molecular complexity index is 569. The highest BCUT2D eigenvalue weighted by Crippen LogP contribution is 2.31. The van der Waals surface area contributed by atoms with Gasteiger partial charge in [0, 0.05) is 37.3 Å². The Morgan fingerprint density at radius 1 is 1.38 bits per heavy atom. The number of hydrogen-bond donors (Lipinski definition) is 0. The fourth-order valence-electron chi connectivity index (χ4n) is 3.23. The third kappa shape index (κ3) is 3.04. The number of aryl methyl sites for hydroxylation is 2. The van der Waals surface area contributed by atoms with E-state index < -0.39 is 0 Å². The molecule has 4 nitrogen and oxygen atoms in total. The number of carbonyl (C=O) groups is 1. The summed E-state index contributed by atoms with van der Waals surface area (Å²) in [5, 5.41) is 4.47. The van der Waals surface area contributed by atoms with E-state index in [0.29, 0.717) is 24.3 Å². The zero-order valence-corrected chi connectivity index (χ0v) is 13.3. The molecule has 0 aromatic carbocycles. The third-order valence-electron chi connectivity index (χ3n) is 4.84. The first-order valence-corrected chi connectivity index (χ1v) is 8.01. The molecule has 0 aliphatic heterocycles. The SMILES string of the molecule is Cc1nn(C)c(C)c1CN(C(=O)C[C@H]1C=CCC1)C1CC1. The summed E-state index contributed by atoms with van der Waals surface area (Å²) >= 11 is 0. The minimum absolute atomic E-state index is 0.316. The van der Waals surface area contributed by atoms with E-state index in [2.05, 4.69) is 29.1 Å². The van der Waals surface area contributed by atoms with Crippen molar-refractivity contribution in [3.8, 4) is 0 Å². The smallest absolute Gasteiger partial charge is 0.223 e. The molecule has 0 spiro atoms. The predicted octanol–water partition coefficient (Wildman–Crippen LogP) is 2.88. The highest BCUT2D eigenvalue weighted by molar-refractivity contribution is 5.77. The summed E-state index contributed by atoms with van der Waals surface area (Å²) in [5.74, 6) is 0.770. The Kier molecular flexibility index (Phi) is 3.87. The van der Waals surface area contributed by atoms with Crippen molar-refractivity contribution in [3.63, 3.8) is 0 Å². The first-order chi connectivity index (χ1) is 10.1. The summed E-state index contributed by atoms with van der Waals surface area (Å²) in [6.45, 7) is 4.85. The molecule has 0 N–H and O–H groups in total. The van der Waals surface area contributed by atoms with E-state index in [0.717, 1.165) is 37.9 Å². The fraction of sp³-hybridized carbons (Fsp3) is 0.647. The van der Waals surface area contributed by atoms with Crippen LogP contribution in [0.5, 0.6) is 0 Å². The number of aromatic nitrogens is 2. The largest absolute Gasteiger partial charge is 0.335 e. The lowest BCUT2D eigenvalue weighted by atomic mass is 10.0. The molecule has 1 atom stereocenters. The molecule has 1 fully saturated rings. The van der Waals surface area contributed by atoms with E-state index >= 15 is 0 Å². The van der Waals surface area contributed by atoms with Crippen molar-refractivity contribution in [3.05, 3.63) is 29.1 Å². The monoisotopic (exact) mass is 287 g/mol. The Labute approximate surface area is 126 Å². The van der Waals surface area contributed by atoms with Gasteiger partial charge in [-0.25, -0.2) is 0 Å². The zero-order valence-electron chi connectivity index (χ0n) is 13.3. The van der Waals surface area contributed by atoms with Crippen LogP contribution < -0.4 is 0 Å². The van der Waals surface area contributed by atoms with Gasteiger partial charge in [0.15, 0.2) is 0 Å². The molecule has 2 aliphatic rings. The van der Waals surface area contributed by atoms with Crippen molar-refractivity contribution in [2.24, 2.45) is 13.0 Å². The molecule has 1 amide bonds. The Morgan fingerprint density at radius 2 is 2.14 bits per heavy atom. The first kappa shape index (κ1) is 14.4. The maximum atomic E-state index is 12.7. The number of rotatable bonds is 5. The quantitative estimate of drug-likeness (QED) is 0.781. The topological polar surface area (TPSA) is 38.1 Å². The van der Waals surface area contributed by atoms with Crippen molar-refractivity contribution in [1.29, 1.82) is 0 Å². The molecule has 1 aromatic rings. The van der Waals surface area contributed by atoms with E-state index in [1.54, 1.807) is 0 Å². The van der Waals surface area contributed by atoms with Crippen molar-refractivity contribution < 1.29 is 4.79 Å². The maximum Gasteiger partial charge on any atom is 0.223 e. The van der Waals surface area contributed by atoms with Gasteiger partial charge in [-0.1, -0.05) is 12.2 Å². The van der Waals surface area contributed by atoms with Gasteiger partial charge in [0.25, 0.3) is 0 Å². The van der Waals surface area contributed by atoms with Gasteiger partial charge >= 0.3 is 0 Å². The number of carbonyl (C=O) groups excluding carboxylic acids is 1. The standard InChI is InChI=1S/C17H25N3O/c1-12-16(13(2)19(3)18-12)11-20(15-8-9-15)17(21)10-14-6-4-5-7-14/h4,6,14-15H,5,7-11H2,1-3H3/t14-/m0/s1. The predicted molar refractivity (Wildman–Crippen MR) is 82.7 cm³/mol. The van der Waals surface area contributed by atoms with Gasteiger partial charge in [0.2, 0.25) is 5.91 Å². The molecule has 0 saturated heterocycles. The lowest BCUT2D eigenvalue weighted by molar-refractivity contribution is -0.133. The number of nitrogens with zero attached hydrogens (tertiary/aromatic N) is 3. The van der Waals surface area contributed by atoms with Gasteiger partial charge in [0.05, 0.1) is 5.69 Å². The van der Waals surface area contributed by atoms with Crippen molar-refractivity contribution in [2.45, 2.75) is 58.5 Å². The van der Waals surface area contributed by atoms with Crippen LogP contribution in [0.25, 0.3) is 0 Å². The number of allylic oxidation sites excluding steroid dienone is 2. The van der Waals surface area contributed by atoms with E-state index in [1.165, 1.54) is 11.3 Å². The Hall–Kier alpha value is -1.58. The second-order valence-corrected chi connectivity index (χ2v) is 6.50. The van der Waals surface area contributed by atoms with Crippen LogP contribution in [0, 0.1) is 19.8 Å². The second kappa shape index (κ2) is 5.66. The molecular weight excluding hydrogens is 262 g/mol. The summed E-state index contributed by atoms with van der Waals surface area (Å²) in [5.41, 5.74) is 3.45. The summed E-state index contributed by atoms with van der Waals surface area (Å²) in [4.78, 5) is 14.8. The summed E-state index contributed by atoms with van der Waals surface area (Å²) in [7, 11) is 1.97. The van der Waals surface area contributed by atoms with Crippen LogP contribution >= 0.6 is 0 Å². The molecule has 1 aromatic heterocycles. The molecule has 3 rings (SSSR count). The zero-order chi connectivity index (χ0) is 15.0. The van der Waals surface area contributed by atoms with Gasteiger partial charge in [-0.05, 0) is 45.4 Å². The fourth-order valence-corrected chi connectivity index (χ4v) is 3.23. The number of amides is 1. The van der Waals surface area contributed by atoms with E-state index in [-0.39, 0.29) is 0 Å². The lowest BCUT2D eigenvalue weighted by Gasteiger charge is -2.24. The Morgan fingerprint density at radius 3 is 2.67 bits per heavy atom. The van der Waals surface area contributed by atoms with Crippen LogP contribution in [0.1, 0.15) is 49.1 Å². The molecule has 21 heavy (non-hydrogen) atoms. The van der Waals surface area contributed by atoms with E-state index in [1.807, 2.05) is 18.7 Å². The summed E-state index contributed by atoms with van der Waals surface area (Å²) in [6.07, 6.45) is 9.66. The van der Waals surface area contributed by atoms with Crippen molar-refractivity contribution in [1.82, 2.24) is 14.7 Å². The average Bonchev–Trinajstić information content (AvgIpc) is 3.09. The van der Waals surface area contributed by atoms with Crippen LogP contribution in [0.2, 0.25) is 0 Å². The van der Waals surface area contributed by atoms with Crippen LogP contribution in [0.15, 0.2) is 12.2 Å². The Balaban J connectivity index is 1.72. The minimum Gasteiger partial charge on any atom is -0.335 e. The van der Waals surface area contributed by atoms with Crippen molar-refractivity contribution in [2.75, 3.05) is 0 Å². The molecular formula is C17H25N3O. The van der Waals surface area contributed by atoms with Gasteiger partial charge in [-0.2, -0.15) is 5.10 Å². The van der Waals surface area contributed by atoms with Gasteiger partial charge in [-0.3, -0.25) is 9.48 Å². The molecule has 0 unspecified atom stereocenters. The van der Waals surface area contributed by atoms with Crippen LogP contribution in [0.3, 0.4) is 0 Å². The molecule has 1 saturated carbocycles. The summed E-state index contributed by atoms with van der Waals surface area (Å²) < 4.78 is 1.92. The van der Waals surface area contributed by atoms with Gasteiger partial charge in [-0.15, -0.1) is 0 Å². The average molecular weight is 287 g/mol. The van der Waals surface area contributed by atoms with E-state index in [9.17, 15) is 4.79 Å². The normalized spacial score (nSPS) is 21.0. The minimum atomic E-state index is 0.316. The second-order valence-electron chi connectivity index (χ2n) is 6.50. The molecule has 4 heteroatoms. The molecule has 2 aliphatic carbocycles. The highest BCUT2D eigenvalue weighted by Gasteiger charge is 2.34. The highest BCUT2D eigenvalue weighted by atomic mass is 16.2. The molecule has 114 valence electrons. The number of hydrogen-bond acceptors (Lipinski definition) is 2. The summed E-state index contributed by atoms with van der Waals surface area (Å²) in [6, 6.07) is 0.460. The maximum absolute atomic E-state index is 12.7.